The van der Waals surface area contributed by atoms with Crippen molar-refractivity contribution in [3.63, 3.8) is 0 Å². The maximum atomic E-state index is 10.1. The minimum Gasteiger partial charge on any atom is -0.370 e. The van der Waals surface area contributed by atoms with Crippen LogP contribution >= 0.6 is 10.7 Å². The largest absolute Gasteiger partial charge is 0.370 e. The molecule has 0 bridgehead atoms. The normalized spacial score (nSPS) is 11.2. The number of halogens is 1. The molecule has 0 atom stereocenters. The molecule has 0 rings (SSSR count). The van der Waals surface area contributed by atoms with Crippen molar-refractivity contribution in [2.75, 3.05) is 5.75 Å². The summed E-state index contributed by atoms with van der Waals surface area (Å²) < 4.78 is 20.2. The molecule has 0 radical (unpaired) electrons. The number of hydrogen-bond acceptors (Lipinski definition) is 3. The van der Waals surface area contributed by atoms with Gasteiger partial charge in [0.25, 0.3) is 0 Å². The summed E-state index contributed by atoms with van der Waals surface area (Å²) in [5.41, 5.74) is 4.64. The van der Waals surface area contributed by atoms with E-state index in [0.29, 0.717) is 0 Å². The van der Waals surface area contributed by atoms with Gasteiger partial charge in [0.2, 0.25) is 15.0 Å². The molecule has 0 fully saturated rings. The highest BCUT2D eigenvalue weighted by Crippen LogP contribution is 1.97. The van der Waals surface area contributed by atoms with E-state index in [2.05, 4.69) is 5.73 Å². The van der Waals surface area contributed by atoms with Crippen molar-refractivity contribution in [3.8, 4) is 0 Å². The quantitative estimate of drug-likeness (QED) is 0.578. The van der Waals surface area contributed by atoms with E-state index in [1.165, 1.54) is 0 Å². The van der Waals surface area contributed by atoms with Gasteiger partial charge in [0.05, 0.1) is 5.75 Å². The van der Waals surface area contributed by atoms with Gasteiger partial charge in [0.15, 0.2) is 0 Å². The topological polar surface area (TPSA) is 77.2 Å². The lowest BCUT2D eigenvalue weighted by atomic mass is 10.5. The Labute approximate surface area is 57.4 Å². The van der Waals surface area contributed by atoms with E-state index in [9.17, 15) is 13.2 Å². The third-order valence-electron chi connectivity index (χ3n) is 0.592. The van der Waals surface area contributed by atoms with E-state index in [0.717, 1.165) is 0 Å². The Balaban J connectivity index is 3.67. The summed E-state index contributed by atoms with van der Waals surface area (Å²) in [6.07, 6.45) is -0.216. The predicted molar refractivity (Wildman–Crippen MR) is 33.5 cm³/mol. The Morgan fingerprint density at radius 1 is 1.56 bits per heavy atom. The van der Waals surface area contributed by atoms with E-state index < -0.39 is 15.0 Å². The number of rotatable bonds is 3. The summed E-state index contributed by atoms with van der Waals surface area (Å²) >= 11 is 0. The van der Waals surface area contributed by atoms with Crippen LogP contribution in [0.5, 0.6) is 0 Å². The average molecular weight is 172 g/mol. The fourth-order valence-electron chi connectivity index (χ4n) is 0.223. The van der Waals surface area contributed by atoms with Crippen LogP contribution in [0.2, 0.25) is 0 Å². The number of carbonyl (C=O) groups excluding carboxylic acids is 1. The molecule has 2 N–H and O–H groups in total. The molecule has 0 aliphatic carbocycles. The SMILES string of the molecule is NC(=O)CCS(=O)(=O)Cl. The molecule has 0 heterocycles. The van der Waals surface area contributed by atoms with Crippen LogP contribution in [0.25, 0.3) is 0 Å². The summed E-state index contributed by atoms with van der Waals surface area (Å²) in [7, 11) is 1.19. The molecule has 9 heavy (non-hydrogen) atoms. The second-order valence-electron chi connectivity index (χ2n) is 1.46. The molecule has 0 aromatic carbocycles. The summed E-state index contributed by atoms with van der Waals surface area (Å²) in [4.78, 5) is 9.95. The van der Waals surface area contributed by atoms with E-state index in [1.54, 1.807) is 0 Å². The van der Waals surface area contributed by atoms with Gasteiger partial charge < -0.3 is 5.73 Å². The zero-order valence-corrected chi connectivity index (χ0v) is 6.07. The molecule has 4 nitrogen and oxygen atoms in total. The third kappa shape index (κ3) is 7.71. The monoisotopic (exact) mass is 171 g/mol. The first-order chi connectivity index (χ1) is 3.92. The first kappa shape index (κ1) is 8.71. The van der Waals surface area contributed by atoms with Gasteiger partial charge in [-0.2, -0.15) is 0 Å². The first-order valence-electron chi connectivity index (χ1n) is 2.12. The van der Waals surface area contributed by atoms with Crippen LogP contribution in [-0.4, -0.2) is 20.1 Å². The van der Waals surface area contributed by atoms with E-state index in [4.69, 9.17) is 10.7 Å². The van der Waals surface area contributed by atoms with Crippen LogP contribution in [0.1, 0.15) is 6.42 Å². The molecular weight excluding hydrogens is 166 g/mol. The maximum Gasteiger partial charge on any atom is 0.233 e. The zero-order chi connectivity index (χ0) is 7.49. The van der Waals surface area contributed by atoms with Crippen LogP contribution in [0, 0.1) is 0 Å². The molecule has 6 heteroatoms. The lowest BCUT2D eigenvalue weighted by molar-refractivity contribution is -0.117. The minimum atomic E-state index is -3.55. The van der Waals surface area contributed by atoms with Gasteiger partial charge >= 0.3 is 0 Å². The lowest BCUT2D eigenvalue weighted by Crippen LogP contribution is -2.14. The highest BCUT2D eigenvalue weighted by atomic mass is 35.7. The molecule has 1 amide bonds. The molecule has 0 spiro atoms. The van der Waals surface area contributed by atoms with Gasteiger partial charge in [0, 0.05) is 17.1 Å². The van der Waals surface area contributed by atoms with Gasteiger partial charge in [-0.05, 0) is 0 Å². The molecule has 0 unspecified atom stereocenters. The minimum absolute atomic E-state index is 0.216. The molecule has 0 aromatic heterocycles. The van der Waals surface area contributed by atoms with Crippen LogP contribution in [0.3, 0.4) is 0 Å². The number of nitrogens with two attached hydrogens (primary N) is 1. The van der Waals surface area contributed by atoms with Crippen LogP contribution in [0.4, 0.5) is 0 Å². The van der Waals surface area contributed by atoms with Crippen LogP contribution < -0.4 is 5.73 Å². The molecule has 54 valence electrons. The van der Waals surface area contributed by atoms with Crippen molar-refractivity contribution in [1.82, 2.24) is 0 Å². The molecule has 0 saturated heterocycles. The first-order valence-corrected chi connectivity index (χ1v) is 4.60. The van der Waals surface area contributed by atoms with Crippen molar-refractivity contribution < 1.29 is 13.2 Å². The lowest BCUT2D eigenvalue weighted by Gasteiger charge is -1.88. The smallest absolute Gasteiger partial charge is 0.233 e. The molecule has 0 saturated carbocycles. The van der Waals surface area contributed by atoms with Gasteiger partial charge in [-0.1, -0.05) is 0 Å². The highest BCUT2D eigenvalue weighted by molar-refractivity contribution is 8.13. The molecule has 0 aliphatic rings. The van der Waals surface area contributed by atoms with Crippen molar-refractivity contribution in [2.45, 2.75) is 6.42 Å². The van der Waals surface area contributed by atoms with E-state index in [1.807, 2.05) is 0 Å². The number of carbonyl (C=O) groups is 1. The molecule has 0 aromatic rings. The van der Waals surface area contributed by atoms with Crippen LogP contribution in [0.15, 0.2) is 0 Å². The second kappa shape index (κ2) is 3.03. The summed E-state index contributed by atoms with van der Waals surface area (Å²) in [5, 5.41) is 0. The van der Waals surface area contributed by atoms with E-state index in [-0.39, 0.29) is 12.2 Å². The standard InChI is InChI=1S/C3H6ClNO3S/c4-9(7,8)2-1-3(5)6/h1-2H2,(H2,5,6). The average Bonchev–Trinajstić information content (AvgIpc) is 1.59. The Bertz CT molecular complexity index is 197. The number of hydrogen-bond donors (Lipinski definition) is 1. The number of amides is 1. The van der Waals surface area contributed by atoms with Gasteiger partial charge in [-0.25, -0.2) is 8.42 Å². The summed E-state index contributed by atoms with van der Waals surface area (Å²) in [5.74, 6) is -1.05. The fraction of sp³-hybridized carbons (Fsp3) is 0.667. The highest BCUT2D eigenvalue weighted by Gasteiger charge is 2.06. The molecular formula is C3H6ClNO3S. The summed E-state index contributed by atoms with van der Waals surface area (Å²) in [6, 6.07) is 0. The Morgan fingerprint density at radius 2 is 2.00 bits per heavy atom. The Hall–Kier alpha value is -0.290. The molecule has 0 aliphatic heterocycles. The zero-order valence-electron chi connectivity index (χ0n) is 4.50. The van der Waals surface area contributed by atoms with Crippen molar-refractivity contribution >= 4 is 25.6 Å². The van der Waals surface area contributed by atoms with E-state index >= 15 is 0 Å². The van der Waals surface area contributed by atoms with Crippen molar-refractivity contribution in [2.24, 2.45) is 5.73 Å². The van der Waals surface area contributed by atoms with Gasteiger partial charge in [0.1, 0.15) is 0 Å². The summed E-state index contributed by atoms with van der Waals surface area (Å²) in [6.45, 7) is 0. The maximum absolute atomic E-state index is 10.1. The number of primary amides is 1. The third-order valence-corrected chi connectivity index (χ3v) is 1.75. The van der Waals surface area contributed by atoms with Crippen molar-refractivity contribution in [3.05, 3.63) is 0 Å². The van der Waals surface area contributed by atoms with Gasteiger partial charge in [-0.15, -0.1) is 0 Å². The predicted octanol–water partition coefficient (Wildman–Crippen LogP) is -0.570. The van der Waals surface area contributed by atoms with Gasteiger partial charge in [-0.3, -0.25) is 4.79 Å². The fourth-order valence-corrected chi connectivity index (χ4v) is 0.899. The Morgan fingerprint density at radius 3 is 2.11 bits per heavy atom. The van der Waals surface area contributed by atoms with Crippen molar-refractivity contribution in [1.29, 1.82) is 0 Å². The van der Waals surface area contributed by atoms with Crippen LogP contribution in [-0.2, 0) is 13.8 Å². The second-order valence-corrected chi connectivity index (χ2v) is 4.36. The Kier molecular flexibility index (Phi) is 2.93.